The van der Waals surface area contributed by atoms with Gasteiger partial charge in [-0.2, -0.15) is 0 Å². The molecule has 0 bridgehead atoms. The summed E-state index contributed by atoms with van der Waals surface area (Å²) in [5.74, 6) is 0.740. The third kappa shape index (κ3) is 5.88. The van der Waals surface area contributed by atoms with Crippen LogP contribution in [0.2, 0.25) is 10.0 Å². The lowest BCUT2D eigenvalue weighted by atomic mass is 10.1. The Morgan fingerprint density at radius 1 is 1.21 bits per heavy atom. The summed E-state index contributed by atoms with van der Waals surface area (Å²) in [6.07, 6.45) is -0.514. The number of aryl methyl sites for hydroxylation is 2. The summed E-state index contributed by atoms with van der Waals surface area (Å²) in [4.78, 5) is 12.2. The average molecular weight is 452 g/mol. The van der Waals surface area contributed by atoms with Gasteiger partial charge in [0.1, 0.15) is 5.75 Å². The van der Waals surface area contributed by atoms with Crippen LogP contribution in [0.25, 0.3) is 0 Å². The van der Waals surface area contributed by atoms with Crippen LogP contribution >= 0.6 is 35.0 Å². The number of hydrogen-bond acceptors (Lipinski definition) is 6. The van der Waals surface area contributed by atoms with E-state index in [0.29, 0.717) is 15.8 Å². The van der Waals surface area contributed by atoms with Gasteiger partial charge < -0.3 is 14.5 Å². The van der Waals surface area contributed by atoms with Crippen LogP contribution in [-0.2, 0) is 4.79 Å². The Balaban J connectivity index is 1.54. The molecule has 1 amide bonds. The minimum atomic E-state index is -0.514. The Kier molecular flexibility index (Phi) is 7.05. The lowest BCUT2D eigenvalue weighted by molar-refractivity contribution is -0.113. The number of aromatic nitrogens is 2. The highest BCUT2D eigenvalue weighted by atomic mass is 35.5. The molecular weight excluding hydrogens is 433 g/mol. The molecule has 0 aliphatic carbocycles. The van der Waals surface area contributed by atoms with E-state index in [9.17, 15) is 4.79 Å². The molecule has 0 saturated heterocycles. The van der Waals surface area contributed by atoms with Crippen LogP contribution in [-0.4, -0.2) is 21.9 Å². The van der Waals surface area contributed by atoms with Gasteiger partial charge in [0.05, 0.1) is 10.8 Å². The summed E-state index contributed by atoms with van der Waals surface area (Å²) in [6, 6.07) is 10.8. The van der Waals surface area contributed by atoms with E-state index in [-0.39, 0.29) is 22.8 Å². The van der Waals surface area contributed by atoms with Crippen molar-refractivity contribution in [3.8, 4) is 5.75 Å². The highest BCUT2D eigenvalue weighted by Crippen LogP contribution is 2.31. The summed E-state index contributed by atoms with van der Waals surface area (Å²) in [5, 5.41) is 12.0. The number of anilines is 1. The lowest BCUT2D eigenvalue weighted by Gasteiger charge is -2.12. The summed E-state index contributed by atoms with van der Waals surface area (Å²) < 4.78 is 11.3. The summed E-state index contributed by atoms with van der Waals surface area (Å²) in [5.41, 5.74) is 2.94. The fraction of sp³-hybridized carbons (Fsp3) is 0.250. The Morgan fingerprint density at radius 3 is 2.72 bits per heavy atom. The van der Waals surface area contributed by atoms with Crippen molar-refractivity contribution in [1.82, 2.24) is 10.2 Å². The zero-order valence-corrected chi connectivity index (χ0v) is 18.4. The Bertz CT molecular complexity index is 1030. The number of halogens is 2. The molecule has 0 aliphatic rings. The fourth-order valence-electron chi connectivity index (χ4n) is 2.52. The molecular formula is C20H19Cl2N3O3S. The van der Waals surface area contributed by atoms with Crippen molar-refractivity contribution in [3.63, 3.8) is 0 Å². The second-order valence-electron chi connectivity index (χ2n) is 6.40. The number of thioether (sulfide) groups is 1. The number of benzene rings is 2. The van der Waals surface area contributed by atoms with E-state index in [1.165, 1.54) is 0 Å². The molecule has 0 spiro atoms. The van der Waals surface area contributed by atoms with Gasteiger partial charge in [-0.25, -0.2) is 0 Å². The van der Waals surface area contributed by atoms with Crippen LogP contribution in [0.4, 0.5) is 5.69 Å². The molecule has 0 radical (unpaired) electrons. The molecule has 29 heavy (non-hydrogen) atoms. The molecule has 1 heterocycles. The van der Waals surface area contributed by atoms with Gasteiger partial charge >= 0.3 is 0 Å². The maximum absolute atomic E-state index is 12.2. The van der Waals surface area contributed by atoms with Crippen molar-refractivity contribution in [1.29, 1.82) is 0 Å². The first-order valence-electron chi connectivity index (χ1n) is 8.77. The number of amides is 1. The first-order chi connectivity index (χ1) is 13.8. The number of carbonyl (C=O) groups is 1. The van der Waals surface area contributed by atoms with Gasteiger partial charge in [0.15, 0.2) is 6.10 Å². The van der Waals surface area contributed by atoms with Gasteiger partial charge in [0.2, 0.25) is 5.91 Å². The molecule has 6 nitrogen and oxygen atoms in total. The molecule has 0 saturated carbocycles. The molecule has 1 N–H and O–H groups in total. The van der Waals surface area contributed by atoms with E-state index in [1.807, 2.05) is 32.0 Å². The summed E-state index contributed by atoms with van der Waals surface area (Å²) >= 11 is 13.2. The van der Waals surface area contributed by atoms with Gasteiger partial charge in [-0.05, 0) is 50.6 Å². The molecule has 3 aromatic rings. The van der Waals surface area contributed by atoms with Crippen LogP contribution in [0.5, 0.6) is 5.75 Å². The summed E-state index contributed by atoms with van der Waals surface area (Å²) in [7, 11) is 0. The largest absolute Gasteiger partial charge is 0.479 e. The normalized spacial score (nSPS) is 11.9. The smallest absolute Gasteiger partial charge is 0.277 e. The van der Waals surface area contributed by atoms with Gasteiger partial charge in [-0.1, -0.05) is 52.7 Å². The number of nitrogens with zero attached hydrogens (tertiary/aromatic N) is 2. The highest BCUT2D eigenvalue weighted by Gasteiger charge is 2.18. The van der Waals surface area contributed by atoms with E-state index in [0.717, 1.165) is 28.6 Å². The van der Waals surface area contributed by atoms with Crippen molar-refractivity contribution < 1.29 is 13.9 Å². The molecule has 0 fully saturated rings. The topological polar surface area (TPSA) is 77.2 Å². The number of hydrogen-bond donors (Lipinski definition) is 1. The molecule has 9 heteroatoms. The summed E-state index contributed by atoms with van der Waals surface area (Å²) in [6.45, 7) is 5.72. The first-order valence-corrected chi connectivity index (χ1v) is 10.5. The Labute approximate surface area is 182 Å². The van der Waals surface area contributed by atoms with Crippen molar-refractivity contribution in [2.75, 3.05) is 11.1 Å². The number of carbonyl (C=O) groups excluding carboxylic acids is 1. The van der Waals surface area contributed by atoms with Gasteiger partial charge in [-0.15, -0.1) is 10.2 Å². The van der Waals surface area contributed by atoms with Crippen LogP contribution in [0.1, 0.15) is 30.0 Å². The maximum atomic E-state index is 12.2. The fourth-order valence-corrected chi connectivity index (χ4v) is 3.54. The quantitative estimate of drug-likeness (QED) is 0.452. The molecule has 0 unspecified atom stereocenters. The molecule has 1 aromatic heterocycles. The molecule has 3 rings (SSSR count). The Morgan fingerprint density at radius 2 is 2.00 bits per heavy atom. The third-order valence-electron chi connectivity index (χ3n) is 3.95. The minimum absolute atomic E-state index is 0.146. The highest BCUT2D eigenvalue weighted by molar-refractivity contribution is 7.99. The lowest BCUT2D eigenvalue weighted by Crippen LogP contribution is -2.14. The first kappa shape index (κ1) is 21.5. The van der Waals surface area contributed by atoms with Crippen molar-refractivity contribution in [2.45, 2.75) is 32.1 Å². The predicted molar refractivity (Wildman–Crippen MR) is 115 cm³/mol. The van der Waals surface area contributed by atoms with Crippen molar-refractivity contribution >= 4 is 46.6 Å². The van der Waals surface area contributed by atoms with E-state index < -0.39 is 6.10 Å². The number of rotatable bonds is 7. The molecule has 152 valence electrons. The second-order valence-corrected chi connectivity index (χ2v) is 8.17. The standard InChI is InChI=1S/C20H19Cl2N3O3S/c1-11-4-6-16(12(2)8-11)23-18(26)10-29-20-25-24-19(28-20)13(3)27-17-7-5-14(21)9-15(17)22/h4-9,13H,10H2,1-3H3,(H,23,26)/t13-/m1/s1. The van der Waals surface area contributed by atoms with Crippen molar-refractivity contribution in [2.24, 2.45) is 0 Å². The predicted octanol–water partition coefficient (Wildman–Crippen LogP) is 5.86. The van der Waals surface area contributed by atoms with Crippen LogP contribution in [0.3, 0.4) is 0 Å². The monoisotopic (exact) mass is 451 g/mol. The third-order valence-corrected chi connectivity index (χ3v) is 5.30. The van der Waals surface area contributed by atoms with E-state index in [1.54, 1.807) is 25.1 Å². The second kappa shape index (κ2) is 9.52. The van der Waals surface area contributed by atoms with Gasteiger partial charge in [-0.3, -0.25) is 4.79 Å². The minimum Gasteiger partial charge on any atom is -0.479 e. The zero-order valence-electron chi connectivity index (χ0n) is 16.0. The van der Waals surface area contributed by atoms with E-state index in [2.05, 4.69) is 15.5 Å². The van der Waals surface area contributed by atoms with Crippen LogP contribution in [0.15, 0.2) is 46.0 Å². The Hall–Kier alpha value is -2.22. The average Bonchev–Trinajstić information content (AvgIpc) is 3.14. The van der Waals surface area contributed by atoms with Crippen molar-refractivity contribution in [3.05, 3.63) is 63.5 Å². The van der Waals surface area contributed by atoms with E-state index in [4.69, 9.17) is 32.4 Å². The number of ether oxygens (including phenoxy) is 1. The maximum Gasteiger partial charge on any atom is 0.277 e. The number of nitrogens with one attached hydrogen (secondary N) is 1. The molecule has 1 atom stereocenters. The van der Waals surface area contributed by atoms with Crippen LogP contribution in [0, 0.1) is 13.8 Å². The van der Waals surface area contributed by atoms with Gasteiger partial charge in [0.25, 0.3) is 11.1 Å². The van der Waals surface area contributed by atoms with Crippen LogP contribution < -0.4 is 10.1 Å². The van der Waals surface area contributed by atoms with Gasteiger partial charge in [0, 0.05) is 10.7 Å². The zero-order chi connectivity index (χ0) is 21.0. The molecule has 2 aromatic carbocycles. The SMILES string of the molecule is Cc1ccc(NC(=O)CSc2nnc([C@@H](C)Oc3ccc(Cl)cc3Cl)o2)c(C)c1. The van der Waals surface area contributed by atoms with E-state index >= 15 is 0 Å². The molecule has 0 aliphatic heterocycles.